The van der Waals surface area contributed by atoms with Gasteiger partial charge in [-0.25, -0.2) is 0 Å². The van der Waals surface area contributed by atoms with Crippen molar-refractivity contribution in [1.29, 1.82) is 0 Å². The van der Waals surface area contributed by atoms with E-state index in [1.807, 2.05) is 0 Å². The van der Waals surface area contributed by atoms with Crippen molar-refractivity contribution in [1.82, 2.24) is 14.7 Å². The van der Waals surface area contributed by atoms with Crippen molar-refractivity contribution in [3.63, 3.8) is 0 Å². The first-order chi connectivity index (χ1) is 8.58. The molecule has 0 unspecified atom stereocenters. The zero-order chi connectivity index (χ0) is 13.1. The molecule has 0 spiro atoms. The van der Waals surface area contributed by atoms with E-state index in [2.05, 4.69) is 42.4 Å². The van der Waals surface area contributed by atoms with Crippen molar-refractivity contribution < 1.29 is 0 Å². The maximum absolute atomic E-state index is 2.65. The number of piperazine rings is 1. The highest BCUT2D eigenvalue weighted by Crippen LogP contribution is 2.23. The van der Waals surface area contributed by atoms with Crippen LogP contribution in [0.15, 0.2) is 0 Å². The van der Waals surface area contributed by atoms with Crippen molar-refractivity contribution in [2.75, 3.05) is 45.8 Å². The topological polar surface area (TPSA) is 9.72 Å². The van der Waals surface area contributed by atoms with Gasteiger partial charge < -0.3 is 4.90 Å². The third-order valence-corrected chi connectivity index (χ3v) is 4.98. The lowest BCUT2D eigenvalue weighted by atomic mass is 9.92. The fourth-order valence-corrected chi connectivity index (χ4v) is 3.21. The van der Waals surface area contributed by atoms with E-state index in [9.17, 15) is 0 Å². The van der Waals surface area contributed by atoms with Gasteiger partial charge in [-0.1, -0.05) is 6.92 Å². The molecule has 0 aromatic heterocycles. The fourth-order valence-electron chi connectivity index (χ4n) is 3.21. The van der Waals surface area contributed by atoms with E-state index >= 15 is 0 Å². The average Bonchev–Trinajstić information content (AvgIpc) is 2.38. The summed E-state index contributed by atoms with van der Waals surface area (Å²) >= 11 is 0. The molecule has 2 aliphatic rings. The first kappa shape index (κ1) is 14.3. The van der Waals surface area contributed by atoms with Gasteiger partial charge in [-0.05, 0) is 46.2 Å². The highest BCUT2D eigenvalue weighted by atomic mass is 15.3. The molecule has 0 bridgehead atoms. The molecule has 18 heavy (non-hydrogen) atoms. The predicted molar refractivity (Wildman–Crippen MR) is 78.0 cm³/mol. The van der Waals surface area contributed by atoms with Crippen LogP contribution in [0.5, 0.6) is 0 Å². The summed E-state index contributed by atoms with van der Waals surface area (Å²) in [4.78, 5) is 7.87. The van der Waals surface area contributed by atoms with Crippen LogP contribution < -0.4 is 0 Å². The Kier molecular flexibility index (Phi) is 5.05. The second-order valence-electron chi connectivity index (χ2n) is 6.54. The Bertz CT molecular complexity index is 246. The number of hydrogen-bond donors (Lipinski definition) is 0. The summed E-state index contributed by atoms with van der Waals surface area (Å²) in [5, 5.41) is 0. The minimum absolute atomic E-state index is 0.718. The largest absolute Gasteiger partial charge is 0.301 e. The molecule has 3 heteroatoms. The van der Waals surface area contributed by atoms with Crippen LogP contribution in [-0.2, 0) is 0 Å². The predicted octanol–water partition coefficient (Wildman–Crippen LogP) is 1.74. The smallest absolute Gasteiger partial charge is 0.0113 e. The van der Waals surface area contributed by atoms with Gasteiger partial charge in [0.25, 0.3) is 0 Å². The summed E-state index contributed by atoms with van der Waals surface area (Å²) in [5.41, 5.74) is 0. The van der Waals surface area contributed by atoms with E-state index in [1.165, 1.54) is 52.2 Å². The maximum Gasteiger partial charge on any atom is 0.0113 e. The second-order valence-corrected chi connectivity index (χ2v) is 6.54. The highest BCUT2D eigenvalue weighted by Gasteiger charge is 2.30. The zero-order valence-corrected chi connectivity index (χ0v) is 12.7. The third kappa shape index (κ3) is 3.46. The van der Waals surface area contributed by atoms with Gasteiger partial charge in [0.2, 0.25) is 0 Å². The normalized spacial score (nSPS) is 31.8. The first-order valence-corrected chi connectivity index (χ1v) is 7.78. The van der Waals surface area contributed by atoms with Crippen LogP contribution in [-0.4, -0.2) is 72.6 Å². The lowest BCUT2D eigenvalue weighted by molar-refractivity contribution is 0.0320. The minimum Gasteiger partial charge on any atom is -0.301 e. The lowest BCUT2D eigenvalue weighted by Gasteiger charge is -2.45. The molecular weight excluding hydrogens is 222 g/mol. The SMILES string of the molecule is CC(C)N1CCN(CCCN2C[C@@H](C)[C@H]2C)CC1. The quantitative estimate of drug-likeness (QED) is 0.739. The Morgan fingerprint density at radius 3 is 2.17 bits per heavy atom. The summed E-state index contributed by atoms with van der Waals surface area (Å²) in [5.74, 6) is 0.916. The Hall–Kier alpha value is -0.120. The molecule has 0 saturated carbocycles. The highest BCUT2D eigenvalue weighted by molar-refractivity contribution is 4.85. The molecule has 0 aromatic rings. The van der Waals surface area contributed by atoms with Crippen LogP contribution in [0.4, 0.5) is 0 Å². The standard InChI is InChI=1S/C15H31N3/c1-13(2)17-10-8-16(9-11-17)6-5-7-18-12-14(3)15(18)4/h13-15H,5-12H2,1-4H3/t14-,15-/m1/s1. The number of likely N-dealkylation sites (tertiary alicyclic amines) is 1. The van der Waals surface area contributed by atoms with Crippen molar-refractivity contribution in [2.45, 2.75) is 46.2 Å². The molecule has 0 radical (unpaired) electrons. The van der Waals surface area contributed by atoms with Crippen molar-refractivity contribution >= 4 is 0 Å². The summed E-state index contributed by atoms with van der Waals surface area (Å²) < 4.78 is 0. The monoisotopic (exact) mass is 253 g/mol. The van der Waals surface area contributed by atoms with Crippen molar-refractivity contribution in [3.8, 4) is 0 Å². The molecule has 2 heterocycles. The molecule has 2 saturated heterocycles. The number of rotatable bonds is 5. The van der Waals surface area contributed by atoms with Crippen LogP contribution in [0.2, 0.25) is 0 Å². The van der Waals surface area contributed by atoms with Gasteiger partial charge in [0, 0.05) is 44.8 Å². The van der Waals surface area contributed by atoms with Gasteiger partial charge in [0.1, 0.15) is 0 Å². The zero-order valence-electron chi connectivity index (χ0n) is 12.7. The van der Waals surface area contributed by atoms with Gasteiger partial charge in [0.05, 0.1) is 0 Å². The molecule has 2 aliphatic heterocycles. The van der Waals surface area contributed by atoms with E-state index in [-0.39, 0.29) is 0 Å². The van der Waals surface area contributed by atoms with Gasteiger partial charge in [-0.15, -0.1) is 0 Å². The Labute approximate surface area is 113 Å². The van der Waals surface area contributed by atoms with Crippen molar-refractivity contribution in [3.05, 3.63) is 0 Å². The van der Waals surface area contributed by atoms with Crippen LogP contribution in [0.25, 0.3) is 0 Å². The van der Waals surface area contributed by atoms with Gasteiger partial charge in [-0.2, -0.15) is 0 Å². The van der Waals surface area contributed by atoms with Crippen molar-refractivity contribution in [2.24, 2.45) is 5.92 Å². The molecule has 3 nitrogen and oxygen atoms in total. The number of hydrogen-bond acceptors (Lipinski definition) is 3. The van der Waals surface area contributed by atoms with E-state index in [0.29, 0.717) is 0 Å². The summed E-state index contributed by atoms with van der Waals surface area (Å²) in [6.45, 7) is 18.3. The van der Waals surface area contributed by atoms with Gasteiger partial charge in [-0.3, -0.25) is 9.80 Å². The molecular formula is C15H31N3. The molecule has 2 rings (SSSR count). The van der Waals surface area contributed by atoms with E-state index < -0.39 is 0 Å². The average molecular weight is 253 g/mol. The molecule has 106 valence electrons. The van der Waals surface area contributed by atoms with Crippen LogP contribution in [0, 0.1) is 5.92 Å². The Morgan fingerprint density at radius 1 is 1.00 bits per heavy atom. The van der Waals surface area contributed by atoms with E-state index in [4.69, 9.17) is 0 Å². The maximum atomic E-state index is 2.65. The third-order valence-electron chi connectivity index (χ3n) is 4.98. The van der Waals surface area contributed by atoms with Crippen LogP contribution in [0.3, 0.4) is 0 Å². The molecule has 0 aliphatic carbocycles. The Morgan fingerprint density at radius 2 is 1.67 bits per heavy atom. The molecule has 2 atom stereocenters. The molecule has 0 N–H and O–H groups in total. The first-order valence-electron chi connectivity index (χ1n) is 7.78. The van der Waals surface area contributed by atoms with Crippen LogP contribution in [0.1, 0.15) is 34.1 Å². The minimum atomic E-state index is 0.718. The number of nitrogens with zero attached hydrogens (tertiary/aromatic N) is 3. The summed E-state index contributed by atoms with van der Waals surface area (Å²) in [6.07, 6.45) is 1.35. The van der Waals surface area contributed by atoms with Gasteiger partial charge in [0.15, 0.2) is 0 Å². The van der Waals surface area contributed by atoms with E-state index in [0.717, 1.165) is 18.0 Å². The second kappa shape index (κ2) is 6.36. The summed E-state index contributed by atoms with van der Waals surface area (Å²) in [7, 11) is 0. The molecule has 0 amide bonds. The molecule has 2 fully saturated rings. The van der Waals surface area contributed by atoms with Gasteiger partial charge >= 0.3 is 0 Å². The summed E-state index contributed by atoms with van der Waals surface area (Å²) in [6, 6.07) is 1.54. The lowest BCUT2D eigenvalue weighted by Crippen LogP contribution is -2.54. The van der Waals surface area contributed by atoms with Crippen LogP contribution >= 0.6 is 0 Å². The van der Waals surface area contributed by atoms with E-state index in [1.54, 1.807) is 0 Å². The fraction of sp³-hybridized carbons (Fsp3) is 1.00. The molecule has 0 aromatic carbocycles. The Balaban J connectivity index is 1.56.